The number of anilines is 1. The molecule has 3 heterocycles. The SMILES string of the molecule is Fc1ccc(-c2cc(C(F)(F)F)ccc2[C@H]2CCOc3cc(SNc4cccnn4)ccc32)nc1. The Morgan fingerprint density at radius 3 is 2.60 bits per heavy atom. The van der Waals surface area contributed by atoms with Crippen LogP contribution < -0.4 is 9.46 Å². The Balaban J connectivity index is 1.50. The molecule has 0 aliphatic carbocycles. The topological polar surface area (TPSA) is 59.9 Å². The van der Waals surface area contributed by atoms with Crippen LogP contribution in [0.3, 0.4) is 0 Å². The molecule has 1 aliphatic rings. The first-order valence-corrected chi connectivity index (χ1v) is 11.5. The molecule has 0 amide bonds. The zero-order chi connectivity index (χ0) is 24.4. The van der Waals surface area contributed by atoms with Crippen LogP contribution in [0.1, 0.15) is 29.0 Å². The fourth-order valence-electron chi connectivity index (χ4n) is 4.02. The summed E-state index contributed by atoms with van der Waals surface area (Å²) < 4.78 is 62.9. The highest BCUT2D eigenvalue weighted by Crippen LogP contribution is 2.44. The summed E-state index contributed by atoms with van der Waals surface area (Å²) in [5, 5.41) is 7.80. The Kier molecular flexibility index (Phi) is 6.29. The van der Waals surface area contributed by atoms with Crippen molar-refractivity contribution in [2.45, 2.75) is 23.4 Å². The molecule has 1 aliphatic heterocycles. The minimum Gasteiger partial charge on any atom is -0.493 e. The van der Waals surface area contributed by atoms with Crippen LogP contribution in [0.5, 0.6) is 5.75 Å². The first kappa shape index (κ1) is 23.1. The quantitative estimate of drug-likeness (QED) is 0.243. The Hall–Kier alpha value is -3.66. The monoisotopic (exact) mass is 498 g/mol. The van der Waals surface area contributed by atoms with E-state index in [-0.39, 0.29) is 11.6 Å². The van der Waals surface area contributed by atoms with Gasteiger partial charge in [0.15, 0.2) is 5.82 Å². The lowest BCUT2D eigenvalue weighted by molar-refractivity contribution is -0.137. The smallest absolute Gasteiger partial charge is 0.416 e. The van der Waals surface area contributed by atoms with Gasteiger partial charge in [-0.15, -0.1) is 5.10 Å². The van der Waals surface area contributed by atoms with E-state index in [0.29, 0.717) is 35.7 Å². The van der Waals surface area contributed by atoms with E-state index in [4.69, 9.17) is 4.74 Å². The number of halogens is 4. The number of fused-ring (bicyclic) bond motifs is 1. The normalized spacial score (nSPS) is 15.3. The molecule has 2 aromatic carbocycles. The first-order chi connectivity index (χ1) is 16.9. The van der Waals surface area contributed by atoms with E-state index in [0.717, 1.165) is 28.8 Å². The van der Waals surface area contributed by atoms with E-state index in [2.05, 4.69) is 19.9 Å². The third kappa shape index (κ3) is 5.07. The van der Waals surface area contributed by atoms with Gasteiger partial charge in [0.25, 0.3) is 0 Å². The largest absolute Gasteiger partial charge is 0.493 e. The number of hydrogen-bond donors (Lipinski definition) is 1. The molecule has 0 bridgehead atoms. The fraction of sp³-hybridized carbons (Fsp3) is 0.160. The van der Waals surface area contributed by atoms with Crippen LogP contribution >= 0.6 is 11.9 Å². The number of hydrogen-bond acceptors (Lipinski definition) is 6. The Bertz CT molecular complexity index is 1330. The maximum absolute atomic E-state index is 13.5. The molecule has 0 fully saturated rings. The van der Waals surface area contributed by atoms with Crippen LogP contribution in [0.25, 0.3) is 11.3 Å². The summed E-state index contributed by atoms with van der Waals surface area (Å²) in [6.07, 6.45) is -1.34. The van der Waals surface area contributed by atoms with Gasteiger partial charge >= 0.3 is 6.18 Å². The Labute approximate surface area is 202 Å². The molecule has 5 nitrogen and oxygen atoms in total. The molecule has 35 heavy (non-hydrogen) atoms. The number of pyridine rings is 1. The summed E-state index contributed by atoms with van der Waals surface area (Å²) in [6, 6.07) is 15.5. The van der Waals surface area contributed by atoms with Gasteiger partial charge in [-0.05, 0) is 72.5 Å². The molecule has 1 N–H and O–H groups in total. The Morgan fingerprint density at radius 2 is 1.86 bits per heavy atom. The summed E-state index contributed by atoms with van der Waals surface area (Å²) >= 11 is 1.35. The number of ether oxygens (including phenoxy) is 1. The lowest BCUT2D eigenvalue weighted by atomic mass is 9.83. The van der Waals surface area contributed by atoms with Crippen LogP contribution in [-0.4, -0.2) is 21.8 Å². The van der Waals surface area contributed by atoms with Gasteiger partial charge in [0.2, 0.25) is 0 Å². The van der Waals surface area contributed by atoms with E-state index in [9.17, 15) is 17.6 Å². The van der Waals surface area contributed by atoms with Crippen LogP contribution in [0, 0.1) is 5.82 Å². The van der Waals surface area contributed by atoms with Crippen molar-refractivity contribution in [3.8, 4) is 17.0 Å². The van der Waals surface area contributed by atoms with Gasteiger partial charge in [-0.2, -0.15) is 18.3 Å². The standard InChI is InChI=1S/C25H18F4N4OS/c26-16-4-8-22(30-14-16)21-12-15(25(27,28)29)3-6-18(21)19-9-11-34-23-13-17(5-7-20(19)23)35-33-24-2-1-10-31-32-24/h1-8,10,12-14,19H,9,11H2,(H,32,33)/t19-/m1/s1. The molecule has 2 aromatic heterocycles. The Morgan fingerprint density at radius 1 is 1.00 bits per heavy atom. The zero-order valence-electron chi connectivity index (χ0n) is 18.1. The van der Waals surface area contributed by atoms with E-state index in [1.807, 2.05) is 18.2 Å². The van der Waals surface area contributed by atoms with Crippen LogP contribution in [0.4, 0.5) is 23.4 Å². The number of rotatable bonds is 5. The zero-order valence-corrected chi connectivity index (χ0v) is 18.9. The molecule has 0 saturated carbocycles. The van der Waals surface area contributed by atoms with Crippen molar-refractivity contribution in [2.75, 3.05) is 11.3 Å². The van der Waals surface area contributed by atoms with Crippen molar-refractivity contribution in [3.05, 3.63) is 95.6 Å². The van der Waals surface area contributed by atoms with E-state index in [1.165, 1.54) is 30.1 Å². The summed E-state index contributed by atoms with van der Waals surface area (Å²) in [6.45, 7) is 0.403. The van der Waals surface area contributed by atoms with Gasteiger partial charge in [-0.3, -0.25) is 4.98 Å². The lowest BCUT2D eigenvalue weighted by Gasteiger charge is -2.28. The van der Waals surface area contributed by atoms with Gasteiger partial charge in [-0.25, -0.2) is 4.39 Å². The first-order valence-electron chi connectivity index (χ1n) is 10.7. The predicted octanol–water partition coefficient (Wildman–Crippen LogP) is 6.73. The van der Waals surface area contributed by atoms with E-state index < -0.39 is 17.6 Å². The number of alkyl halides is 3. The molecule has 4 aromatic rings. The highest BCUT2D eigenvalue weighted by molar-refractivity contribution is 8.00. The minimum atomic E-state index is -4.51. The number of benzene rings is 2. The predicted molar refractivity (Wildman–Crippen MR) is 125 cm³/mol. The van der Waals surface area contributed by atoms with Gasteiger partial charge in [-0.1, -0.05) is 12.1 Å². The second-order valence-corrected chi connectivity index (χ2v) is 8.74. The molecular formula is C25H18F4N4OS. The number of nitrogens with one attached hydrogen (secondary N) is 1. The van der Waals surface area contributed by atoms with Crippen molar-refractivity contribution in [1.29, 1.82) is 0 Å². The average molecular weight is 499 g/mol. The van der Waals surface area contributed by atoms with Crippen LogP contribution in [0.2, 0.25) is 0 Å². The highest BCUT2D eigenvalue weighted by atomic mass is 32.2. The fourth-order valence-corrected chi connectivity index (χ4v) is 4.65. The highest BCUT2D eigenvalue weighted by Gasteiger charge is 2.33. The van der Waals surface area contributed by atoms with E-state index in [1.54, 1.807) is 18.3 Å². The minimum absolute atomic E-state index is 0.213. The second-order valence-electron chi connectivity index (χ2n) is 7.86. The molecule has 0 radical (unpaired) electrons. The molecule has 0 unspecified atom stereocenters. The number of aromatic nitrogens is 3. The van der Waals surface area contributed by atoms with Crippen LogP contribution in [0.15, 0.2) is 78.0 Å². The molecule has 0 saturated heterocycles. The lowest BCUT2D eigenvalue weighted by Crippen LogP contribution is -2.17. The van der Waals surface area contributed by atoms with Crippen molar-refractivity contribution in [2.24, 2.45) is 0 Å². The average Bonchev–Trinajstić information content (AvgIpc) is 2.87. The molecule has 5 rings (SSSR count). The van der Waals surface area contributed by atoms with Crippen LogP contribution in [-0.2, 0) is 6.18 Å². The van der Waals surface area contributed by atoms with Crippen molar-refractivity contribution < 1.29 is 22.3 Å². The van der Waals surface area contributed by atoms with Gasteiger partial charge in [0, 0.05) is 28.1 Å². The third-order valence-electron chi connectivity index (χ3n) is 5.63. The second kappa shape index (κ2) is 9.53. The summed E-state index contributed by atoms with van der Waals surface area (Å²) in [5.41, 5.74) is 1.36. The molecule has 1 atom stereocenters. The van der Waals surface area contributed by atoms with Gasteiger partial charge in [0.05, 0.1) is 24.1 Å². The molecular weight excluding hydrogens is 480 g/mol. The van der Waals surface area contributed by atoms with Crippen molar-refractivity contribution in [1.82, 2.24) is 15.2 Å². The molecule has 0 spiro atoms. The van der Waals surface area contributed by atoms with Crippen molar-refractivity contribution in [3.63, 3.8) is 0 Å². The summed E-state index contributed by atoms with van der Waals surface area (Å²) in [4.78, 5) is 4.93. The third-order valence-corrected chi connectivity index (χ3v) is 6.43. The summed E-state index contributed by atoms with van der Waals surface area (Å²) in [7, 11) is 0. The number of nitrogens with zero attached hydrogens (tertiary/aromatic N) is 3. The summed E-state index contributed by atoms with van der Waals surface area (Å²) in [5.74, 6) is 0.494. The maximum Gasteiger partial charge on any atom is 0.416 e. The van der Waals surface area contributed by atoms with E-state index >= 15 is 0 Å². The maximum atomic E-state index is 13.5. The van der Waals surface area contributed by atoms with Gasteiger partial charge < -0.3 is 9.46 Å². The molecule has 10 heteroatoms. The molecule has 178 valence electrons. The van der Waals surface area contributed by atoms with Gasteiger partial charge in [0.1, 0.15) is 11.6 Å². The van der Waals surface area contributed by atoms with Crippen molar-refractivity contribution >= 4 is 17.8 Å².